The summed E-state index contributed by atoms with van der Waals surface area (Å²) >= 11 is 12.1. The molecule has 4 nitrogen and oxygen atoms in total. The van der Waals surface area contributed by atoms with Crippen molar-refractivity contribution in [2.45, 2.75) is 39.7 Å². The zero-order chi connectivity index (χ0) is 15.9. The Morgan fingerprint density at radius 1 is 1.19 bits per heavy atom. The number of imidazole rings is 1. The van der Waals surface area contributed by atoms with E-state index in [1.165, 1.54) is 0 Å². The van der Waals surface area contributed by atoms with E-state index < -0.39 is 12.0 Å². The molecule has 0 aliphatic rings. The van der Waals surface area contributed by atoms with Gasteiger partial charge in [0.15, 0.2) is 0 Å². The summed E-state index contributed by atoms with van der Waals surface area (Å²) in [5, 5.41) is 10.4. The Balaban J connectivity index is 2.83. The van der Waals surface area contributed by atoms with Crippen LogP contribution < -0.4 is 0 Å². The highest BCUT2D eigenvalue weighted by Crippen LogP contribution is 2.34. The molecule has 1 heterocycles. The van der Waals surface area contributed by atoms with Gasteiger partial charge < -0.3 is 9.67 Å². The summed E-state index contributed by atoms with van der Waals surface area (Å²) in [6.45, 7) is 7.73. The van der Waals surface area contributed by atoms with Gasteiger partial charge >= 0.3 is 5.97 Å². The van der Waals surface area contributed by atoms with Gasteiger partial charge in [-0.1, -0.05) is 50.9 Å². The molecule has 2 aromatic rings. The van der Waals surface area contributed by atoms with Gasteiger partial charge in [0, 0.05) is 5.92 Å². The molecule has 1 aromatic carbocycles. The van der Waals surface area contributed by atoms with Gasteiger partial charge in [-0.15, -0.1) is 0 Å². The number of benzene rings is 1. The first-order valence-corrected chi connectivity index (χ1v) is 7.59. The van der Waals surface area contributed by atoms with Gasteiger partial charge in [-0.2, -0.15) is 0 Å². The van der Waals surface area contributed by atoms with E-state index in [4.69, 9.17) is 23.2 Å². The Morgan fingerprint density at radius 2 is 1.76 bits per heavy atom. The molecule has 114 valence electrons. The zero-order valence-electron chi connectivity index (χ0n) is 12.4. The average molecular weight is 329 g/mol. The van der Waals surface area contributed by atoms with E-state index in [0.717, 1.165) is 5.82 Å². The summed E-state index contributed by atoms with van der Waals surface area (Å²) < 4.78 is 1.77. The van der Waals surface area contributed by atoms with Crippen molar-refractivity contribution >= 4 is 40.2 Å². The van der Waals surface area contributed by atoms with Crippen molar-refractivity contribution in [3.63, 3.8) is 0 Å². The molecule has 0 fully saturated rings. The van der Waals surface area contributed by atoms with Crippen molar-refractivity contribution in [2.24, 2.45) is 5.92 Å². The van der Waals surface area contributed by atoms with Crippen LogP contribution in [0, 0.1) is 5.92 Å². The predicted octanol–water partition coefficient (Wildman–Crippen LogP) is 4.75. The smallest absolute Gasteiger partial charge is 0.327 e. The summed E-state index contributed by atoms with van der Waals surface area (Å²) in [5.74, 6) is -0.135. The highest BCUT2D eigenvalue weighted by Gasteiger charge is 2.29. The van der Waals surface area contributed by atoms with Gasteiger partial charge in [-0.25, -0.2) is 9.78 Å². The molecule has 0 aliphatic carbocycles. The number of aromatic nitrogens is 2. The van der Waals surface area contributed by atoms with Crippen LogP contribution in [0.15, 0.2) is 12.1 Å². The molecule has 0 aliphatic heterocycles. The van der Waals surface area contributed by atoms with Crippen molar-refractivity contribution in [3.8, 4) is 0 Å². The summed E-state index contributed by atoms with van der Waals surface area (Å²) in [6, 6.07) is 2.68. The lowest BCUT2D eigenvalue weighted by Crippen LogP contribution is -2.26. The van der Waals surface area contributed by atoms with Crippen LogP contribution in [-0.2, 0) is 4.79 Å². The Bertz CT molecular complexity index is 693. The third kappa shape index (κ3) is 2.87. The van der Waals surface area contributed by atoms with Gasteiger partial charge in [0.1, 0.15) is 11.9 Å². The maximum absolute atomic E-state index is 11.7. The molecule has 2 rings (SSSR count). The van der Waals surface area contributed by atoms with Crippen molar-refractivity contribution in [3.05, 3.63) is 28.0 Å². The van der Waals surface area contributed by atoms with E-state index in [0.29, 0.717) is 21.1 Å². The van der Waals surface area contributed by atoms with Crippen LogP contribution in [0.25, 0.3) is 11.0 Å². The number of carbonyl (C=O) groups is 1. The van der Waals surface area contributed by atoms with Crippen LogP contribution in [-0.4, -0.2) is 20.6 Å². The zero-order valence-corrected chi connectivity index (χ0v) is 13.9. The SMILES string of the molecule is CC(C)c1nc2cc(Cl)c(Cl)cc2n1C(C(=O)O)C(C)C. The molecule has 0 saturated carbocycles. The number of carboxylic acid groups (broad SMARTS) is 1. The second kappa shape index (κ2) is 5.85. The normalized spacial score (nSPS) is 13.3. The van der Waals surface area contributed by atoms with Crippen LogP contribution in [0.5, 0.6) is 0 Å². The lowest BCUT2D eigenvalue weighted by molar-refractivity contribution is -0.142. The van der Waals surface area contributed by atoms with Crippen LogP contribution in [0.4, 0.5) is 0 Å². The number of halogens is 2. The summed E-state index contributed by atoms with van der Waals surface area (Å²) in [4.78, 5) is 16.3. The number of fused-ring (bicyclic) bond motifs is 1. The number of nitrogens with zero attached hydrogens (tertiary/aromatic N) is 2. The van der Waals surface area contributed by atoms with E-state index in [9.17, 15) is 9.90 Å². The Kier molecular flexibility index (Phi) is 4.49. The Labute approximate surface area is 133 Å². The van der Waals surface area contributed by atoms with Crippen LogP contribution in [0.1, 0.15) is 45.5 Å². The molecule has 0 spiro atoms. The van der Waals surface area contributed by atoms with Crippen LogP contribution in [0.3, 0.4) is 0 Å². The summed E-state index contributed by atoms with van der Waals surface area (Å²) in [6.07, 6.45) is 0. The largest absolute Gasteiger partial charge is 0.480 e. The minimum atomic E-state index is -0.878. The maximum atomic E-state index is 11.7. The first kappa shape index (κ1) is 16.1. The fraction of sp³-hybridized carbons (Fsp3) is 0.467. The number of aliphatic carboxylic acids is 1. The highest BCUT2D eigenvalue weighted by atomic mass is 35.5. The predicted molar refractivity (Wildman–Crippen MR) is 85.4 cm³/mol. The van der Waals surface area contributed by atoms with Gasteiger partial charge in [-0.3, -0.25) is 0 Å². The third-order valence-electron chi connectivity index (χ3n) is 3.44. The molecule has 0 saturated heterocycles. The molecule has 1 N–H and O–H groups in total. The van der Waals surface area contributed by atoms with Crippen molar-refractivity contribution in [1.82, 2.24) is 9.55 Å². The molecule has 0 bridgehead atoms. The second-order valence-electron chi connectivity index (χ2n) is 5.78. The van der Waals surface area contributed by atoms with Gasteiger partial charge in [0.2, 0.25) is 0 Å². The number of hydrogen-bond donors (Lipinski definition) is 1. The molecular weight excluding hydrogens is 311 g/mol. The molecule has 1 atom stereocenters. The molecule has 21 heavy (non-hydrogen) atoms. The van der Waals surface area contributed by atoms with E-state index in [1.807, 2.05) is 27.7 Å². The van der Waals surface area contributed by atoms with Crippen molar-refractivity contribution < 1.29 is 9.90 Å². The molecular formula is C15H18Cl2N2O2. The lowest BCUT2D eigenvalue weighted by Gasteiger charge is -2.22. The first-order valence-electron chi connectivity index (χ1n) is 6.83. The Hall–Kier alpha value is -1.26. The topological polar surface area (TPSA) is 55.1 Å². The molecule has 1 unspecified atom stereocenters. The molecule has 0 amide bonds. The quantitative estimate of drug-likeness (QED) is 0.881. The van der Waals surface area contributed by atoms with E-state index in [2.05, 4.69) is 4.98 Å². The summed E-state index contributed by atoms with van der Waals surface area (Å²) in [7, 11) is 0. The van der Waals surface area contributed by atoms with Gasteiger partial charge in [0.25, 0.3) is 0 Å². The minimum absolute atomic E-state index is 0.0770. The van der Waals surface area contributed by atoms with Crippen LogP contribution in [0.2, 0.25) is 10.0 Å². The fourth-order valence-corrected chi connectivity index (χ4v) is 2.82. The number of carboxylic acids is 1. The van der Waals surface area contributed by atoms with E-state index in [1.54, 1.807) is 16.7 Å². The molecule has 0 radical (unpaired) electrons. The van der Waals surface area contributed by atoms with Gasteiger partial charge in [-0.05, 0) is 18.1 Å². The first-order chi connectivity index (χ1) is 9.73. The average Bonchev–Trinajstić information content (AvgIpc) is 2.68. The number of rotatable bonds is 4. The summed E-state index contributed by atoms with van der Waals surface area (Å²) in [5.41, 5.74) is 1.37. The van der Waals surface area contributed by atoms with Crippen molar-refractivity contribution in [2.75, 3.05) is 0 Å². The standard InChI is InChI=1S/C15H18Cl2N2O2/c1-7(2)13(15(20)21)19-12-6-10(17)9(16)5-11(12)18-14(19)8(3)4/h5-8,13H,1-4H3,(H,20,21). The Morgan fingerprint density at radius 3 is 2.24 bits per heavy atom. The highest BCUT2D eigenvalue weighted by molar-refractivity contribution is 6.42. The fourth-order valence-electron chi connectivity index (χ4n) is 2.50. The van der Waals surface area contributed by atoms with E-state index >= 15 is 0 Å². The maximum Gasteiger partial charge on any atom is 0.327 e. The molecule has 6 heteroatoms. The van der Waals surface area contributed by atoms with Crippen molar-refractivity contribution in [1.29, 1.82) is 0 Å². The number of hydrogen-bond acceptors (Lipinski definition) is 2. The minimum Gasteiger partial charge on any atom is -0.480 e. The lowest BCUT2D eigenvalue weighted by atomic mass is 10.0. The third-order valence-corrected chi connectivity index (χ3v) is 4.16. The van der Waals surface area contributed by atoms with E-state index in [-0.39, 0.29) is 11.8 Å². The monoisotopic (exact) mass is 328 g/mol. The van der Waals surface area contributed by atoms with Crippen LogP contribution >= 0.6 is 23.2 Å². The molecule has 1 aromatic heterocycles. The second-order valence-corrected chi connectivity index (χ2v) is 6.59. The van der Waals surface area contributed by atoms with Gasteiger partial charge in [0.05, 0.1) is 21.1 Å².